The van der Waals surface area contributed by atoms with Crippen LogP contribution in [0.5, 0.6) is 11.5 Å². The maximum atomic E-state index is 5.84. The molecule has 2 rings (SSSR count). The fourth-order valence-electron chi connectivity index (χ4n) is 2.52. The maximum absolute atomic E-state index is 5.84. The van der Waals surface area contributed by atoms with E-state index in [1.165, 1.54) is 26.2 Å². The van der Waals surface area contributed by atoms with Gasteiger partial charge in [-0.1, -0.05) is 6.92 Å². The molecule has 1 fully saturated rings. The molecule has 21 heavy (non-hydrogen) atoms. The third-order valence-electron chi connectivity index (χ3n) is 4.27. The summed E-state index contributed by atoms with van der Waals surface area (Å²) >= 11 is 0. The Hall–Kier alpha value is -1.26. The normalized spacial score (nSPS) is 23.6. The highest BCUT2D eigenvalue weighted by molar-refractivity contribution is 5.31. The third kappa shape index (κ3) is 5.56. The summed E-state index contributed by atoms with van der Waals surface area (Å²) in [6.45, 7) is 11.2. The van der Waals surface area contributed by atoms with E-state index in [9.17, 15) is 0 Å². The smallest absolute Gasteiger partial charge is 0.137 e. The minimum absolute atomic E-state index is 0.264. The maximum Gasteiger partial charge on any atom is 0.137 e. The van der Waals surface area contributed by atoms with Crippen LogP contribution in [-0.4, -0.2) is 52.5 Å². The van der Waals surface area contributed by atoms with E-state index in [0.29, 0.717) is 0 Å². The van der Waals surface area contributed by atoms with Gasteiger partial charge in [-0.2, -0.15) is 0 Å². The van der Waals surface area contributed by atoms with Crippen molar-refractivity contribution in [3.05, 3.63) is 24.3 Å². The van der Waals surface area contributed by atoms with Crippen molar-refractivity contribution in [2.45, 2.75) is 26.4 Å². The van der Waals surface area contributed by atoms with Crippen molar-refractivity contribution in [2.75, 3.05) is 46.4 Å². The molecule has 4 heteroatoms. The molecule has 1 saturated heterocycles. The summed E-state index contributed by atoms with van der Waals surface area (Å²) in [7, 11) is 2.27. The van der Waals surface area contributed by atoms with Crippen molar-refractivity contribution in [1.29, 1.82) is 0 Å². The van der Waals surface area contributed by atoms with Gasteiger partial charge in [0, 0.05) is 0 Å². The quantitative estimate of drug-likeness (QED) is 0.720. The van der Waals surface area contributed by atoms with Gasteiger partial charge < -0.3 is 19.3 Å². The Morgan fingerprint density at radius 2 is 1.67 bits per heavy atom. The first-order valence-corrected chi connectivity index (χ1v) is 8.21. The zero-order valence-electron chi connectivity index (χ0n) is 13.7. The lowest BCUT2D eigenvalue weighted by atomic mass is 10.3. The van der Waals surface area contributed by atoms with E-state index in [1.54, 1.807) is 9.80 Å². The third-order valence-corrected chi connectivity index (χ3v) is 4.27. The largest absolute Gasteiger partial charge is 0.491 e. The summed E-state index contributed by atoms with van der Waals surface area (Å²) in [5.74, 6) is 1.86. The molecule has 118 valence electrons. The molecule has 0 unspecified atom stereocenters. The van der Waals surface area contributed by atoms with Gasteiger partial charge in [0.15, 0.2) is 0 Å². The summed E-state index contributed by atoms with van der Waals surface area (Å²) in [6.07, 6.45) is 1.29. The van der Waals surface area contributed by atoms with Crippen molar-refractivity contribution < 1.29 is 19.3 Å². The zero-order chi connectivity index (χ0) is 15.1. The second-order valence-corrected chi connectivity index (χ2v) is 6.11. The van der Waals surface area contributed by atoms with Crippen molar-refractivity contribution in [3.63, 3.8) is 0 Å². The zero-order valence-corrected chi connectivity index (χ0v) is 13.7. The first kappa shape index (κ1) is 16.1. The van der Waals surface area contributed by atoms with Gasteiger partial charge in [0.2, 0.25) is 0 Å². The van der Waals surface area contributed by atoms with Crippen molar-refractivity contribution in [2.24, 2.45) is 0 Å². The van der Waals surface area contributed by atoms with Crippen LogP contribution in [-0.2, 0) is 0 Å². The number of benzene rings is 1. The van der Waals surface area contributed by atoms with Crippen LogP contribution in [0.25, 0.3) is 0 Å². The summed E-state index contributed by atoms with van der Waals surface area (Å²) in [5.41, 5.74) is 0. The highest BCUT2D eigenvalue weighted by Crippen LogP contribution is 2.18. The molecule has 1 aromatic carbocycles. The Kier molecular flexibility index (Phi) is 6.33. The van der Waals surface area contributed by atoms with Crippen LogP contribution in [0, 0.1) is 0 Å². The van der Waals surface area contributed by atoms with Gasteiger partial charge in [-0.3, -0.25) is 0 Å². The monoisotopic (exact) mass is 294 g/mol. The number of piperazine rings is 1. The SMILES string of the molecule is CC[C@H](C)Oc1ccc(OCC[NH+]2CC[NH+](C)CC2)cc1. The van der Waals surface area contributed by atoms with Gasteiger partial charge in [-0.25, -0.2) is 0 Å². The molecular weight excluding hydrogens is 264 g/mol. The van der Waals surface area contributed by atoms with Crippen LogP contribution in [0.3, 0.4) is 0 Å². The van der Waals surface area contributed by atoms with Crippen LogP contribution in [0.2, 0.25) is 0 Å². The molecule has 4 nitrogen and oxygen atoms in total. The molecule has 0 bridgehead atoms. The number of ether oxygens (including phenoxy) is 2. The van der Waals surface area contributed by atoms with E-state index in [2.05, 4.69) is 20.9 Å². The first-order valence-electron chi connectivity index (χ1n) is 8.21. The molecule has 1 aromatic rings. The molecular formula is C17H30N2O2+2. The molecule has 1 heterocycles. The molecule has 1 aliphatic heterocycles. The summed E-state index contributed by atoms with van der Waals surface area (Å²) < 4.78 is 11.6. The minimum atomic E-state index is 0.264. The van der Waals surface area contributed by atoms with Gasteiger partial charge in [0.05, 0.1) is 13.2 Å². The van der Waals surface area contributed by atoms with E-state index in [1.807, 2.05) is 24.3 Å². The Morgan fingerprint density at radius 1 is 1.05 bits per heavy atom. The molecule has 0 amide bonds. The van der Waals surface area contributed by atoms with Gasteiger partial charge in [-0.15, -0.1) is 0 Å². The molecule has 1 aliphatic rings. The molecule has 0 aromatic heterocycles. The summed E-state index contributed by atoms with van der Waals surface area (Å²) in [4.78, 5) is 3.31. The molecule has 2 N–H and O–H groups in total. The standard InChI is InChI=1S/C17H28N2O2/c1-4-15(2)21-17-7-5-16(6-8-17)20-14-13-19-11-9-18(3)10-12-19/h5-8,15H,4,9-14H2,1-3H3/p+2/t15-/m0/s1. The van der Waals surface area contributed by atoms with E-state index < -0.39 is 0 Å². The lowest BCUT2D eigenvalue weighted by Crippen LogP contribution is -3.27. The van der Waals surface area contributed by atoms with E-state index in [4.69, 9.17) is 9.47 Å². The van der Waals surface area contributed by atoms with E-state index >= 15 is 0 Å². The topological polar surface area (TPSA) is 27.3 Å². The van der Waals surface area contributed by atoms with Crippen LogP contribution in [0.4, 0.5) is 0 Å². The van der Waals surface area contributed by atoms with Crippen LogP contribution in [0.15, 0.2) is 24.3 Å². The highest BCUT2D eigenvalue weighted by Gasteiger charge is 2.19. The average molecular weight is 294 g/mol. The number of hydrogen-bond acceptors (Lipinski definition) is 2. The number of nitrogens with one attached hydrogen (secondary N) is 2. The van der Waals surface area contributed by atoms with Gasteiger partial charge in [-0.05, 0) is 37.6 Å². The number of quaternary nitrogens is 2. The second-order valence-electron chi connectivity index (χ2n) is 6.11. The molecule has 0 radical (unpaired) electrons. The molecule has 0 saturated carbocycles. The Labute approximate surface area is 128 Å². The number of likely N-dealkylation sites (N-methyl/N-ethyl adjacent to an activating group) is 1. The number of rotatable bonds is 7. The van der Waals surface area contributed by atoms with Crippen LogP contribution >= 0.6 is 0 Å². The Bertz CT molecular complexity index is 400. The summed E-state index contributed by atoms with van der Waals surface area (Å²) in [6, 6.07) is 7.99. The van der Waals surface area contributed by atoms with Gasteiger partial charge >= 0.3 is 0 Å². The van der Waals surface area contributed by atoms with Crippen molar-refractivity contribution in [1.82, 2.24) is 0 Å². The van der Waals surface area contributed by atoms with Crippen molar-refractivity contribution >= 4 is 0 Å². The first-order chi connectivity index (χ1) is 10.2. The van der Waals surface area contributed by atoms with Gasteiger partial charge in [0.25, 0.3) is 0 Å². The Balaban J connectivity index is 1.69. The molecule has 0 aliphatic carbocycles. The van der Waals surface area contributed by atoms with Crippen LogP contribution < -0.4 is 19.3 Å². The van der Waals surface area contributed by atoms with E-state index in [0.717, 1.165) is 31.1 Å². The predicted octanol–water partition coefficient (Wildman–Crippen LogP) is -0.344. The fourth-order valence-corrected chi connectivity index (χ4v) is 2.52. The molecule has 1 atom stereocenters. The average Bonchev–Trinajstić information content (AvgIpc) is 2.51. The van der Waals surface area contributed by atoms with Gasteiger partial charge in [0.1, 0.15) is 50.8 Å². The number of hydrogen-bond donors (Lipinski definition) is 2. The predicted molar refractivity (Wildman–Crippen MR) is 84.5 cm³/mol. The van der Waals surface area contributed by atoms with E-state index in [-0.39, 0.29) is 6.10 Å². The lowest BCUT2D eigenvalue weighted by molar-refractivity contribution is -1.00. The highest BCUT2D eigenvalue weighted by atomic mass is 16.5. The summed E-state index contributed by atoms with van der Waals surface area (Å²) in [5, 5.41) is 0. The molecule has 0 spiro atoms. The second kappa shape index (κ2) is 8.25. The van der Waals surface area contributed by atoms with Crippen molar-refractivity contribution in [3.8, 4) is 11.5 Å². The Morgan fingerprint density at radius 3 is 2.29 bits per heavy atom. The fraction of sp³-hybridized carbons (Fsp3) is 0.647. The minimum Gasteiger partial charge on any atom is -0.491 e. The van der Waals surface area contributed by atoms with Crippen LogP contribution in [0.1, 0.15) is 20.3 Å². The lowest BCUT2D eigenvalue weighted by Gasteiger charge is -2.27.